The van der Waals surface area contributed by atoms with Gasteiger partial charge in [0.2, 0.25) is 0 Å². The lowest BCUT2D eigenvalue weighted by atomic mass is 9.35. The standard InChI is InChI=1S/C61H55BN2O3/c1-34-24-49-55-50(25-34)64(57-35(2)26-41(27-36(57)3)46-33-65-52-19-15-13-17-44(46)52)58-45-32-42(60(6,7)8)21-23-53(45)67-59(58)62(55)47-22-20-40(54-31-39-16-12-14-18-51(39)66-54)30-48(47)63(49)56-37(4)28-43(29-38(56)5)61(9,10)11/h12-33H,1-11H3. The molecule has 5 heterocycles. The van der Waals surface area contributed by atoms with E-state index in [1.807, 2.05) is 30.5 Å². The van der Waals surface area contributed by atoms with Gasteiger partial charge in [-0.3, -0.25) is 0 Å². The summed E-state index contributed by atoms with van der Waals surface area (Å²) >= 11 is 0. The summed E-state index contributed by atoms with van der Waals surface area (Å²) in [6.07, 6.45) is 1.90. The van der Waals surface area contributed by atoms with E-state index in [0.29, 0.717) is 0 Å². The van der Waals surface area contributed by atoms with E-state index in [1.54, 1.807) is 0 Å². The van der Waals surface area contributed by atoms with E-state index in [1.165, 1.54) is 61.2 Å². The van der Waals surface area contributed by atoms with Crippen molar-refractivity contribution in [2.45, 2.75) is 87.0 Å². The fourth-order valence-electron chi connectivity index (χ4n) is 11.2. The molecule has 0 saturated heterocycles. The third-order valence-corrected chi connectivity index (χ3v) is 14.5. The number of para-hydroxylation sites is 2. The summed E-state index contributed by atoms with van der Waals surface area (Å²) in [6.45, 7) is 24.9. The minimum atomic E-state index is -0.190. The number of rotatable bonds is 4. The van der Waals surface area contributed by atoms with E-state index < -0.39 is 0 Å². The lowest BCUT2D eigenvalue weighted by Crippen LogP contribution is -2.61. The molecular formula is C61H55BN2O3. The predicted molar refractivity (Wildman–Crippen MR) is 282 cm³/mol. The summed E-state index contributed by atoms with van der Waals surface area (Å²) in [5, 5.41) is 3.32. The second kappa shape index (κ2) is 14.4. The molecule has 0 bridgehead atoms. The lowest BCUT2D eigenvalue weighted by molar-refractivity contribution is 0.589. The number of hydrogen-bond acceptors (Lipinski definition) is 5. The molecule has 7 aromatic carbocycles. The van der Waals surface area contributed by atoms with E-state index in [4.69, 9.17) is 13.3 Å². The highest BCUT2D eigenvalue weighted by Gasteiger charge is 2.48. The van der Waals surface area contributed by atoms with Crippen molar-refractivity contribution in [3.05, 3.63) is 173 Å². The van der Waals surface area contributed by atoms with Gasteiger partial charge in [-0.15, -0.1) is 0 Å². The van der Waals surface area contributed by atoms with Crippen LogP contribution in [0.4, 0.5) is 34.1 Å². The molecule has 0 amide bonds. The fraction of sp³-hybridized carbons (Fsp3) is 0.213. The van der Waals surface area contributed by atoms with Gasteiger partial charge in [-0.05, 0) is 162 Å². The van der Waals surface area contributed by atoms with Gasteiger partial charge >= 0.3 is 0 Å². The van der Waals surface area contributed by atoms with Crippen molar-refractivity contribution in [3.8, 4) is 22.5 Å². The van der Waals surface area contributed by atoms with Crippen LogP contribution in [-0.4, -0.2) is 6.71 Å². The van der Waals surface area contributed by atoms with Crippen LogP contribution < -0.4 is 26.4 Å². The summed E-state index contributed by atoms with van der Waals surface area (Å²) in [6, 6.07) is 46.8. The molecule has 0 aliphatic carbocycles. The zero-order chi connectivity index (χ0) is 46.4. The Morgan fingerprint density at radius 1 is 0.478 bits per heavy atom. The van der Waals surface area contributed by atoms with Crippen molar-refractivity contribution in [1.82, 2.24) is 0 Å². The number of nitrogens with zero attached hydrogens (tertiary/aromatic N) is 2. The molecule has 0 saturated carbocycles. The molecule has 12 rings (SSSR count). The fourth-order valence-corrected chi connectivity index (χ4v) is 11.2. The Labute approximate surface area is 393 Å². The Bertz CT molecular complexity index is 3620. The van der Waals surface area contributed by atoms with Crippen molar-refractivity contribution < 1.29 is 13.3 Å². The highest BCUT2D eigenvalue weighted by atomic mass is 16.3. The predicted octanol–water partition coefficient (Wildman–Crippen LogP) is 15.5. The second-order valence-corrected chi connectivity index (χ2v) is 21.3. The molecule has 0 radical (unpaired) electrons. The number of anilines is 6. The minimum absolute atomic E-state index is 0.00303. The summed E-state index contributed by atoms with van der Waals surface area (Å²) < 4.78 is 20.0. The van der Waals surface area contributed by atoms with Gasteiger partial charge in [0.1, 0.15) is 22.5 Å². The molecule has 0 atom stereocenters. The first-order valence-electron chi connectivity index (χ1n) is 23.7. The van der Waals surface area contributed by atoms with E-state index in [0.717, 1.165) is 83.8 Å². The number of benzene rings is 7. The number of hydrogen-bond donors (Lipinski definition) is 0. The van der Waals surface area contributed by atoms with Crippen molar-refractivity contribution in [3.63, 3.8) is 0 Å². The maximum atomic E-state index is 7.36. The normalized spacial score (nSPS) is 13.5. The van der Waals surface area contributed by atoms with Crippen LogP contribution in [0.25, 0.3) is 55.4 Å². The topological polar surface area (TPSA) is 45.9 Å². The molecule has 0 unspecified atom stereocenters. The molecule has 67 heavy (non-hydrogen) atoms. The van der Waals surface area contributed by atoms with Crippen LogP contribution >= 0.6 is 0 Å². The molecule has 3 aromatic heterocycles. The summed E-state index contributed by atoms with van der Waals surface area (Å²) in [5.41, 5.74) is 24.8. The van der Waals surface area contributed by atoms with Crippen LogP contribution in [-0.2, 0) is 10.8 Å². The van der Waals surface area contributed by atoms with Crippen LogP contribution in [0.15, 0.2) is 147 Å². The first-order chi connectivity index (χ1) is 32.0. The summed E-state index contributed by atoms with van der Waals surface area (Å²) in [4.78, 5) is 5.10. The Balaban J connectivity index is 1.17. The van der Waals surface area contributed by atoms with E-state index in [9.17, 15) is 0 Å². The molecular weight excluding hydrogens is 819 g/mol. The highest BCUT2D eigenvalue weighted by molar-refractivity contribution is 7.00. The van der Waals surface area contributed by atoms with E-state index in [2.05, 4.69) is 189 Å². The first-order valence-corrected chi connectivity index (χ1v) is 23.7. The molecule has 10 aromatic rings. The molecule has 330 valence electrons. The maximum absolute atomic E-state index is 7.36. The Hall–Kier alpha value is -7.18. The minimum Gasteiger partial charge on any atom is -0.468 e. The maximum Gasteiger partial charge on any atom is 0.297 e. The molecule has 0 spiro atoms. The molecule has 0 fully saturated rings. The molecule has 2 aliphatic heterocycles. The Morgan fingerprint density at radius 3 is 1.82 bits per heavy atom. The quantitative estimate of drug-likeness (QED) is 0.165. The van der Waals surface area contributed by atoms with Crippen LogP contribution in [0.5, 0.6) is 0 Å². The van der Waals surface area contributed by atoms with Crippen LogP contribution in [0.1, 0.15) is 80.5 Å². The van der Waals surface area contributed by atoms with Gasteiger partial charge < -0.3 is 23.1 Å². The van der Waals surface area contributed by atoms with Crippen LogP contribution in [0.2, 0.25) is 0 Å². The smallest absolute Gasteiger partial charge is 0.297 e. The van der Waals surface area contributed by atoms with Gasteiger partial charge in [-0.25, -0.2) is 0 Å². The molecule has 6 heteroatoms. The van der Waals surface area contributed by atoms with Gasteiger partial charge in [-0.2, -0.15) is 0 Å². The molecule has 0 N–H and O–H groups in total. The van der Waals surface area contributed by atoms with Crippen LogP contribution in [0, 0.1) is 34.6 Å². The summed E-state index contributed by atoms with van der Waals surface area (Å²) in [7, 11) is 0. The van der Waals surface area contributed by atoms with Crippen molar-refractivity contribution in [1.29, 1.82) is 0 Å². The lowest BCUT2D eigenvalue weighted by Gasteiger charge is -2.44. The van der Waals surface area contributed by atoms with Gasteiger partial charge in [0, 0.05) is 44.3 Å². The van der Waals surface area contributed by atoms with Gasteiger partial charge in [0.15, 0.2) is 0 Å². The third-order valence-electron chi connectivity index (χ3n) is 14.5. The molecule has 2 aliphatic rings. The average molecular weight is 875 g/mol. The Kier molecular flexibility index (Phi) is 8.88. The van der Waals surface area contributed by atoms with Crippen molar-refractivity contribution in [2.24, 2.45) is 0 Å². The van der Waals surface area contributed by atoms with Gasteiger partial charge in [0.05, 0.1) is 29.0 Å². The number of furan rings is 3. The molecule has 5 nitrogen and oxygen atoms in total. The summed E-state index contributed by atoms with van der Waals surface area (Å²) in [5.74, 6) is 0.850. The largest absolute Gasteiger partial charge is 0.468 e. The number of fused-ring (bicyclic) bond motifs is 8. The van der Waals surface area contributed by atoms with Gasteiger partial charge in [-0.1, -0.05) is 108 Å². The SMILES string of the molecule is Cc1cc2c3c(c1)N(c1c(C)cc(-c4coc5ccccc45)cc1C)c1c(oc4ccc(C(C)(C)C)cc14)B3c1ccc(-c3cc4ccccc4o3)cc1N2c1c(C)cc(C(C)(C)C)cc1C. The highest BCUT2D eigenvalue weighted by Crippen LogP contribution is 2.51. The van der Waals surface area contributed by atoms with Crippen molar-refractivity contribution >= 4 is 90.3 Å². The van der Waals surface area contributed by atoms with E-state index >= 15 is 0 Å². The zero-order valence-electron chi connectivity index (χ0n) is 40.4. The second-order valence-electron chi connectivity index (χ2n) is 21.3. The average Bonchev–Trinajstić information content (AvgIpc) is 4.02. The van der Waals surface area contributed by atoms with E-state index in [-0.39, 0.29) is 17.5 Å². The van der Waals surface area contributed by atoms with Crippen LogP contribution in [0.3, 0.4) is 0 Å². The Morgan fingerprint density at radius 2 is 1.12 bits per heavy atom. The first kappa shape index (κ1) is 41.3. The third kappa shape index (κ3) is 6.29. The number of aryl methyl sites for hydroxylation is 5. The van der Waals surface area contributed by atoms with Crippen molar-refractivity contribution in [2.75, 3.05) is 9.80 Å². The van der Waals surface area contributed by atoms with Gasteiger partial charge in [0.25, 0.3) is 6.71 Å². The monoisotopic (exact) mass is 874 g/mol. The zero-order valence-corrected chi connectivity index (χ0v) is 40.4.